The summed E-state index contributed by atoms with van der Waals surface area (Å²) in [6, 6.07) is 0. The standard InChI is InChI=1S/C14H19F3N2O2/c1-12(9-4-5-9)11(21)19(8-14(15,16)17)13(10(20)18-12)6-2-3-7-13/h9H,2-8H2,1H3,(H,18,20). The normalized spacial score (nSPS) is 32.7. The number of nitrogens with zero attached hydrogens (tertiary/aromatic N) is 1. The van der Waals surface area contributed by atoms with E-state index in [0.29, 0.717) is 25.7 Å². The Morgan fingerprint density at radius 3 is 2.29 bits per heavy atom. The number of alkyl halides is 3. The molecule has 0 radical (unpaired) electrons. The van der Waals surface area contributed by atoms with Crippen LogP contribution in [0.15, 0.2) is 0 Å². The molecule has 2 amide bonds. The molecule has 2 saturated carbocycles. The van der Waals surface area contributed by atoms with Gasteiger partial charge in [-0.1, -0.05) is 12.8 Å². The van der Waals surface area contributed by atoms with E-state index in [9.17, 15) is 22.8 Å². The van der Waals surface area contributed by atoms with Gasteiger partial charge in [0, 0.05) is 0 Å². The average Bonchev–Trinajstić information content (AvgIpc) is 3.11. The maximum Gasteiger partial charge on any atom is 0.406 e. The predicted molar refractivity (Wildman–Crippen MR) is 68.2 cm³/mol. The topological polar surface area (TPSA) is 49.4 Å². The predicted octanol–water partition coefficient (Wildman–Crippen LogP) is 1.99. The summed E-state index contributed by atoms with van der Waals surface area (Å²) in [5.41, 5.74) is -2.46. The average molecular weight is 304 g/mol. The molecule has 118 valence electrons. The van der Waals surface area contributed by atoms with E-state index in [1.807, 2.05) is 0 Å². The molecule has 1 N–H and O–H groups in total. The number of carbonyl (C=O) groups is 2. The van der Waals surface area contributed by atoms with Crippen LogP contribution in [0.2, 0.25) is 0 Å². The molecule has 1 heterocycles. The highest BCUT2D eigenvalue weighted by Gasteiger charge is 2.62. The molecule has 0 aromatic carbocycles. The number of hydrogen-bond donors (Lipinski definition) is 1. The highest BCUT2D eigenvalue weighted by Crippen LogP contribution is 2.47. The minimum absolute atomic E-state index is 0.0385. The van der Waals surface area contributed by atoms with Crippen molar-refractivity contribution in [1.29, 1.82) is 0 Å². The molecule has 0 bridgehead atoms. The second kappa shape index (κ2) is 4.36. The molecule has 3 rings (SSSR count). The SMILES string of the molecule is CC1(C2CC2)NC(=O)C2(CCCC2)N(CC(F)(F)F)C1=O. The smallest absolute Gasteiger partial charge is 0.340 e. The van der Waals surface area contributed by atoms with Crippen molar-refractivity contribution in [2.24, 2.45) is 5.92 Å². The van der Waals surface area contributed by atoms with Gasteiger partial charge in [0.1, 0.15) is 17.6 Å². The van der Waals surface area contributed by atoms with E-state index in [0.717, 1.165) is 17.7 Å². The molecule has 1 atom stereocenters. The molecule has 1 spiro atoms. The Balaban J connectivity index is 1.98. The van der Waals surface area contributed by atoms with Crippen molar-refractivity contribution in [3.63, 3.8) is 0 Å². The van der Waals surface area contributed by atoms with Gasteiger partial charge < -0.3 is 10.2 Å². The van der Waals surface area contributed by atoms with Crippen LogP contribution in [0.3, 0.4) is 0 Å². The van der Waals surface area contributed by atoms with Crippen LogP contribution >= 0.6 is 0 Å². The van der Waals surface area contributed by atoms with Crippen molar-refractivity contribution in [1.82, 2.24) is 10.2 Å². The van der Waals surface area contributed by atoms with Gasteiger partial charge in [0.05, 0.1) is 0 Å². The quantitative estimate of drug-likeness (QED) is 0.848. The van der Waals surface area contributed by atoms with Crippen LogP contribution in [-0.2, 0) is 9.59 Å². The third-order valence-corrected chi connectivity index (χ3v) is 5.16. The zero-order valence-electron chi connectivity index (χ0n) is 11.9. The Morgan fingerprint density at radius 1 is 1.24 bits per heavy atom. The molecule has 4 nitrogen and oxygen atoms in total. The van der Waals surface area contributed by atoms with Crippen LogP contribution in [0.25, 0.3) is 0 Å². The van der Waals surface area contributed by atoms with Crippen molar-refractivity contribution in [3.05, 3.63) is 0 Å². The summed E-state index contributed by atoms with van der Waals surface area (Å²) in [5, 5.41) is 2.76. The molecule has 3 fully saturated rings. The minimum Gasteiger partial charge on any atom is -0.340 e. The third kappa shape index (κ3) is 2.21. The molecule has 0 aromatic rings. The summed E-state index contributed by atoms with van der Waals surface area (Å²) in [7, 11) is 0. The highest BCUT2D eigenvalue weighted by atomic mass is 19.4. The van der Waals surface area contributed by atoms with Gasteiger partial charge in [-0.15, -0.1) is 0 Å². The molecule has 7 heteroatoms. The number of hydrogen-bond acceptors (Lipinski definition) is 2. The Bertz CT molecular complexity index is 481. The second-order valence-electron chi connectivity index (χ2n) is 6.68. The first-order valence-corrected chi connectivity index (χ1v) is 7.40. The lowest BCUT2D eigenvalue weighted by Crippen LogP contribution is -2.75. The summed E-state index contributed by atoms with van der Waals surface area (Å²) in [6.07, 6.45) is -0.953. The number of rotatable bonds is 2. The van der Waals surface area contributed by atoms with Crippen molar-refractivity contribution in [2.45, 2.75) is 62.7 Å². The first-order valence-electron chi connectivity index (χ1n) is 7.40. The van der Waals surface area contributed by atoms with Crippen molar-refractivity contribution in [2.75, 3.05) is 6.54 Å². The van der Waals surface area contributed by atoms with Crippen LogP contribution in [0.5, 0.6) is 0 Å². The van der Waals surface area contributed by atoms with Gasteiger partial charge in [0.2, 0.25) is 11.8 Å². The maximum atomic E-state index is 12.9. The monoisotopic (exact) mass is 304 g/mol. The van der Waals surface area contributed by atoms with E-state index in [4.69, 9.17) is 0 Å². The number of carbonyl (C=O) groups excluding carboxylic acids is 2. The van der Waals surface area contributed by atoms with Gasteiger partial charge in [-0.25, -0.2) is 0 Å². The highest BCUT2D eigenvalue weighted by molar-refractivity contribution is 6.02. The lowest BCUT2D eigenvalue weighted by Gasteiger charge is -2.50. The lowest BCUT2D eigenvalue weighted by atomic mass is 9.82. The van der Waals surface area contributed by atoms with Gasteiger partial charge in [-0.05, 0) is 38.5 Å². The molecular formula is C14H19F3N2O2. The van der Waals surface area contributed by atoms with E-state index >= 15 is 0 Å². The van der Waals surface area contributed by atoms with Gasteiger partial charge in [-0.2, -0.15) is 13.2 Å². The van der Waals surface area contributed by atoms with Gasteiger partial charge in [0.25, 0.3) is 0 Å². The van der Waals surface area contributed by atoms with Crippen LogP contribution in [0.1, 0.15) is 45.4 Å². The number of halogens is 3. The Hall–Kier alpha value is -1.27. The zero-order valence-corrected chi connectivity index (χ0v) is 11.9. The molecule has 1 unspecified atom stereocenters. The Kier molecular flexibility index (Phi) is 3.05. The number of nitrogens with one attached hydrogen (secondary N) is 1. The molecule has 1 aliphatic heterocycles. The first kappa shape index (κ1) is 14.7. The minimum atomic E-state index is -4.49. The van der Waals surface area contributed by atoms with Gasteiger partial charge >= 0.3 is 6.18 Å². The van der Waals surface area contributed by atoms with E-state index in [1.54, 1.807) is 6.92 Å². The summed E-state index contributed by atoms with van der Waals surface area (Å²) in [4.78, 5) is 26.1. The second-order valence-corrected chi connectivity index (χ2v) is 6.68. The summed E-state index contributed by atoms with van der Waals surface area (Å²) >= 11 is 0. The molecule has 2 aliphatic carbocycles. The van der Waals surface area contributed by atoms with E-state index in [2.05, 4.69) is 5.32 Å². The van der Waals surface area contributed by atoms with Gasteiger partial charge in [-0.3, -0.25) is 9.59 Å². The van der Waals surface area contributed by atoms with Crippen LogP contribution < -0.4 is 5.32 Å². The fourth-order valence-corrected chi connectivity index (χ4v) is 3.80. The molecule has 0 aromatic heterocycles. The van der Waals surface area contributed by atoms with Crippen molar-refractivity contribution >= 4 is 11.8 Å². The van der Waals surface area contributed by atoms with Crippen LogP contribution in [-0.4, -0.2) is 40.5 Å². The zero-order chi connectivity index (χ0) is 15.5. The summed E-state index contributed by atoms with van der Waals surface area (Å²) in [6.45, 7) is 0.234. The molecule has 3 aliphatic rings. The Morgan fingerprint density at radius 2 is 1.81 bits per heavy atom. The van der Waals surface area contributed by atoms with Crippen LogP contribution in [0.4, 0.5) is 13.2 Å². The van der Waals surface area contributed by atoms with Crippen molar-refractivity contribution < 1.29 is 22.8 Å². The Labute approximate surface area is 121 Å². The fourth-order valence-electron chi connectivity index (χ4n) is 3.80. The van der Waals surface area contributed by atoms with Crippen LogP contribution in [0, 0.1) is 5.92 Å². The largest absolute Gasteiger partial charge is 0.406 e. The molecular weight excluding hydrogens is 285 g/mol. The maximum absolute atomic E-state index is 12.9. The fraction of sp³-hybridized carbons (Fsp3) is 0.857. The van der Waals surface area contributed by atoms with Crippen molar-refractivity contribution in [3.8, 4) is 0 Å². The van der Waals surface area contributed by atoms with E-state index < -0.39 is 35.6 Å². The number of piperazine rings is 1. The summed E-state index contributed by atoms with van der Waals surface area (Å²) < 4.78 is 38.8. The third-order valence-electron chi connectivity index (χ3n) is 5.16. The van der Waals surface area contributed by atoms with E-state index in [-0.39, 0.29) is 5.92 Å². The van der Waals surface area contributed by atoms with E-state index in [1.165, 1.54) is 0 Å². The van der Waals surface area contributed by atoms with Gasteiger partial charge in [0.15, 0.2) is 0 Å². The first-order chi connectivity index (χ1) is 9.69. The molecule has 1 saturated heterocycles. The number of amides is 2. The molecule has 21 heavy (non-hydrogen) atoms. The summed E-state index contributed by atoms with van der Waals surface area (Å²) in [5.74, 6) is -1.01. The lowest BCUT2D eigenvalue weighted by molar-refractivity contribution is -0.187.